The predicted octanol–water partition coefficient (Wildman–Crippen LogP) is 2.00. The van der Waals surface area contributed by atoms with E-state index in [9.17, 15) is 4.79 Å². The number of urea groups is 1. The molecule has 0 radical (unpaired) electrons. The molecule has 0 bridgehead atoms. The van der Waals surface area contributed by atoms with Crippen molar-refractivity contribution >= 4 is 6.03 Å². The van der Waals surface area contributed by atoms with Crippen molar-refractivity contribution in [1.29, 1.82) is 0 Å². The highest BCUT2D eigenvalue weighted by atomic mass is 16.5. The number of carbonyl (C=O) groups is 1. The molecule has 0 aromatic rings. The monoisotopic (exact) mass is 228 g/mol. The normalized spacial score (nSPS) is 20.9. The Kier molecular flexibility index (Phi) is 6.23. The van der Waals surface area contributed by atoms with Crippen LogP contribution in [0.2, 0.25) is 0 Å². The highest BCUT2D eigenvalue weighted by Gasteiger charge is 2.23. The third-order valence-corrected chi connectivity index (χ3v) is 2.87. The number of nitrogens with zero attached hydrogens (tertiary/aromatic N) is 1. The molecule has 1 atom stereocenters. The second kappa shape index (κ2) is 7.49. The lowest BCUT2D eigenvalue weighted by Crippen LogP contribution is -2.47. The predicted molar refractivity (Wildman–Crippen MR) is 64.5 cm³/mol. The summed E-state index contributed by atoms with van der Waals surface area (Å²) in [7, 11) is 0. The van der Waals surface area contributed by atoms with Crippen molar-refractivity contribution in [2.24, 2.45) is 0 Å². The van der Waals surface area contributed by atoms with E-state index >= 15 is 0 Å². The molecule has 0 spiro atoms. The first kappa shape index (κ1) is 13.3. The molecule has 2 amide bonds. The van der Waals surface area contributed by atoms with Gasteiger partial charge in [-0.1, -0.05) is 13.3 Å². The van der Waals surface area contributed by atoms with Gasteiger partial charge in [-0.15, -0.1) is 0 Å². The number of ether oxygens (including phenoxy) is 1. The quantitative estimate of drug-likeness (QED) is 0.731. The van der Waals surface area contributed by atoms with Gasteiger partial charge in [0.15, 0.2) is 0 Å². The molecule has 1 heterocycles. The topological polar surface area (TPSA) is 41.6 Å². The Bertz CT molecular complexity index is 207. The zero-order chi connectivity index (χ0) is 11.8. The molecule has 1 aliphatic rings. The van der Waals surface area contributed by atoms with E-state index in [0.717, 1.165) is 51.9 Å². The minimum Gasteiger partial charge on any atom is -0.377 e. The second-order valence-electron chi connectivity index (χ2n) is 4.25. The lowest BCUT2D eigenvalue weighted by Gasteiger charge is -2.32. The van der Waals surface area contributed by atoms with Gasteiger partial charge in [0.25, 0.3) is 0 Å². The first-order valence-corrected chi connectivity index (χ1v) is 6.42. The molecule has 1 fully saturated rings. The van der Waals surface area contributed by atoms with Crippen molar-refractivity contribution in [3.05, 3.63) is 0 Å². The van der Waals surface area contributed by atoms with Crippen molar-refractivity contribution in [2.75, 3.05) is 26.2 Å². The SMILES string of the molecule is CCCCNC(=O)N1CCCC(OCC)C1. The van der Waals surface area contributed by atoms with Gasteiger partial charge < -0.3 is 15.0 Å². The number of piperidine rings is 1. The van der Waals surface area contributed by atoms with E-state index in [1.165, 1.54) is 0 Å². The first-order chi connectivity index (χ1) is 7.77. The third-order valence-electron chi connectivity index (χ3n) is 2.87. The molecule has 0 aromatic carbocycles. The van der Waals surface area contributed by atoms with E-state index in [2.05, 4.69) is 12.2 Å². The summed E-state index contributed by atoms with van der Waals surface area (Å²) in [6.07, 6.45) is 4.52. The lowest BCUT2D eigenvalue weighted by molar-refractivity contribution is 0.0165. The van der Waals surface area contributed by atoms with E-state index in [4.69, 9.17) is 4.74 Å². The van der Waals surface area contributed by atoms with Crippen molar-refractivity contribution in [2.45, 2.75) is 45.6 Å². The van der Waals surface area contributed by atoms with E-state index < -0.39 is 0 Å². The van der Waals surface area contributed by atoms with Crippen molar-refractivity contribution in [3.63, 3.8) is 0 Å². The molecule has 0 aliphatic carbocycles. The fourth-order valence-electron chi connectivity index (χ4n) is 1.98. The van der Waals surface area contributed by atoms with Crippen molar-refractivity contribution < 1.29 is 9.53 Å². The van der Waals surface area contributed by atoms with Gasteiger partial charge in [0.05, 0.1) is 6.10 Å². The zero-order valence-electron chi connectivity index (χ0n) is 10.5. The molecule has 1 unspecified atom stereocenters. The van der Waals surface area contributed by atoms with Gasteiger partial charge in [0.2, 0.25) is 0 Å². The Hall–Kier alpha value is -0.770. The minimum absolute atomic E-state index is 0.0675. The second-order valence-corrected chi connectivity index (χ2v) is 4.25. The van der Waals surface area contributed by atoms with Crippen LogP contribution in [-0.4, -0.2) is 43.3 Å². The third kappa shape index (κ3) is 4.39. The molecule has 1 aliphatic heterocycles. The highest BCUT2D eigenvalue weighted by molar-refractivity contribution is 5.74. The summed E-state index contributed by atoms with van der Waals surface area (Å²) in [6, 6.07) is 0.0675. The Morgan fingerprint density at radius 1 is 1.50 bits per heavy atom. The molecular formula is C12H24N2O2. The number of carbonyl (C=O) groups excluding carboxylic acids is 1. The van der Waals surface area contributed by atoms with Gasteiger partial charge in [-0.3, -0.25) is 0 Å². The summed E-state index contributed by atoms with van der Waals surface area (Å²) in [5, 5.41) is 2.95. The fourth-order valence-corrected chi connectivity index (χ4v) is 1.98. The summed E-state index contributed by atoms with van der Waals surface area (Å²) >= 11 is 0. The number of nitrogens with one attached hydrogen (secondary N) is 1. The summed E-state index contributed by atoms with van der Waals surface area (Å²) in [5.41, 5.74) is 0. The van der Waals surface area contributed by atoms with Crippen LogP contribution in [-0.2, 0) is 4.74 Å². The number of hydrogen-bond donors (Lipinski definition) is 1. The van der Waals surface area contributed by atoms with E-state index in [-0.39, 0.29) is 12.1 Å². The van der Waals surface area contributed by atoms with Crippen LogP contribution in [0.4, 0.5) is 4.79 Å². The number of unbranched alkanes of at least 4 members (excludes halogenated alkanes) is 1. The average molecular weight is 228 g/mol. The Labute approximate surface area is 98.3 Å². The van der Waals surface area contributed by atoms with Crippen LogP contribution < -0.4 is 5.32 Å². The van der Waals surface area contributed by atoms with Crippen molar-refractivity contribution in [1.82, 2.24) is 10.2 Å². The summed E-state index contributed by atoms with van der Waals surface area (Å²) in [6.45, 7) is 7.24. The highest BCUT2D eigenvalue weighted by Crippen LogP contribution is 2.13. The van der Waals surface area contributed by atoms with Gasteiger partial charge in [-0.2, -0.15) is 0 Å². The van der Waals surface area contributed by atoms with Crippen LogP contribution in [0.25, 0.3) is 0 Å². The van der Waals surface area contributed by atoms with Crippen LogP contribution in [0, 0.1) is 0 Å². The lowest BCUT2D eigenvalue weighted by atomic mass is 10.1. The maximum Gasteiger partial charge on any atom is 0.317 e. The van der Waals surface area contributed by atoms with Crippen LogP contribution in [0.5, 0.6) is 0 Å². The Morgan fingerprint density at radius 2 is 2.31 bits per heavy atom. The molecule has 0 saturated carbocycles. The van der Waals surface area contributed by atoms with Crippen LogP contribution >= 0.6 is 0 Å². The number of rotatable bonds is 5. The molecule has 4 heteroatoms. The Morgan fingerprint density at radius 3 is 3.00 bits per heavy atom. The van der Waals surface area contributed by atoms with Gasteiger partial charge in [-0.05, 0) is 26.2 Å². The standard InChI is InChI=1S/C12H24N2O2/c1-3-5-8-13-12(15)14-9-6-7-11(10-14)16-4-2/h11H,3-10H2,1-2H3,(H,13,15). The van der Waals surface area contributed by atoms with E-state index in [1.807, 2.05) is 11.8 Å². The number of hydrogen-bond acceptors (Lipinski definition) is 2. The van der Waals surface area contributed by atoms with Gasteiger partial charge in [0.1, 0.15) is 0 Å². The van der Waals surface area contributed by atoms with Crippen LogP contribution in [0.3, 0.4) is 0 Å². The summed E-state index contributed by atoms with van der Waals surface area (Å²) in [4.78, 5) is 13.7. The minimum atomic E-state index is 0.0675. The Balaban J connectivity index is 2.26. The summed E-state index contributed by atoms with van der Waals surface area (Å²) in [5.74, 6) is 0. The molecule has 1 rings (SSSR count). The zero-order valence-corrected chi connectivity index (χ0v) is 10.5. The van der Waals surface area contributed by atoms with Gasteiger partial charge in [0, 0.05) is 26.2 Å². The maximum absolute atomic E-state index is 11.8. The fraction of sp³-hybridized carbons (Fsp3) is 0.917. The molecule has 1 N–H and O–H groups in total. The van der Waals surface area contributed by atoms with Crippen LogP contribution in [0.15, 0.2) is 0 Å². The van der Waals surface area contributed by atoms with Crippen LogP contribution in [0.1, 0.15) is 39.5 Å². The molecule has 0 aromatic heterocycles. The smallest absolute Gasteiger partial charge is 0.317 e. The number of likely N-dealkylation sites (tertiary alicyclic amines) is 1. The molecule has 1 saturated heterocycles. The van der Waals surface area contributed by atoms with E-state index in [0.29, 0.717) is 0 Å². The van der Waals surface area contributed by atoms with Gasteiger partial charge >= 0.3 is 6.03 Å². The molecule has 94 valence electrons. The molecule has 4 nitrogen and oxygen atoms in total. The van der Waals surface area contributed by atoms with E-state index in [1.54, 1.807) is 0 Å². The van der Waals surface area contributed by atoms with Crippen molar-refractivity contribution in [3.8, 4) is 0 Å². The summed E-state index contributed by atoms with van der Waals surface area (Å²) < 4.78 is 5.57. The molecular weight excluding hydrogens is 204 g/mol. The number of amides is 2. The first-order valence-electron chi connectivity index (χ1n) is 6.42. The van der Waals surface area contributed by atoms with Gasteiger partial charge in [-0.25, -0.2) is 4.79 Å². The largest absolute Gasteiger partial charge is 0.377 e. The average Bonchev–Trinajstić information content (AvgIpc) is 2.30. The molecule has 16 heavy (non-hydrogen) atoms. The maximum atomic E-state index is 11.8.